The number of nitrogens with zero attached hydrogens (tertiary/aromatic N) is 1. The molecule has 0 fully saturated rings. The molecule has 2 amide bonds. The minimum absolute atomic E-state index is 0.127. The molecule has 0 aliphatic heterocycles. The van der Waals surface area contributed by atoms with Gasteiger partial charge in [-0.1, -0.05) is 29.3 Å². The smallest absolute Gasteiger partial charge is 0.244 e. The van der Waals surface area contributed by atoms with Crippen molar-refractivity contribution in [3.63, 3.8) is 0 Å². The maximum absolute atomic E-state index is 12.1. The van der Waals surface area contributed by atoms with Crippen molar-refractivity contribution in [2.45, 2.75) is 13.5 Å². The third-order valence-corrected chi connectivity index (χ3v) is 3.56. The van der Waals surface area contributed by atoms with Gasteiger partial charge < -0.3 is 14.6 Å². The molecule has 0 spiro atoms. The van der Waals surface area contributed by atoms with E-state index in [1.165, 1.54) is 18.1 Å². The zero-order valence-electron chi connectivity index (χ0n) is 11.8. The van der Waals surface area contributed by atoms with Gasteiger partial charge in [-0.15, -0.1) is 0 Å². The van der Waals surface area contributed by atoms with Crippen LogP contribution in [0.2, 0.25) is 10.0 Å². The summed E-state index contributed by atoms with van der Waals surface area (Å²) in [5.41, 5.74) is 0.331. The molecule has 22 heavy (non-hydrogen) atoms. The number of amides is 2. The second kappa shape index (κ2) is 7.33. The van der Waals surface area contributed by atoms with Gasteiger partial charge in [-0.05, 0) is 24.3 Å². The van der Waals surface area contributed by atoms with Crippen molar-refractivity contribution in [3.8, 4) is 0 Å². The van der Waals surface area contributed by atoms with Crippen LogP contribution in [0, 0.1) is 0 Å². The number of hydrogen-bond donors (Lipinski definition) is 1. The second-order valence-electron chi connectivity index (χ2n) is 4.60. The van der Waals surface area contributed by atoms with Crippen molar-refractivity contribution >= 4 is 40.7 Å². The molecular formula is C15H14Cl2N2O3. The lowest BCUT2D eigenvalue weighted by Gasteiger charge is -2.19. The Morgan fingerprint density at radius 1 is 1.18 bits per heavy atom. The summed E-state index contributed by atoms with van der Waals surface area (Å²) in [4.78, 5) is 25.1. The minimum atomic E-state index is -0.392. The Hall–Kier alpha value is -1.98. The van der Waals surface area contributed by atoms with Gasteiger partial charge >= 0.3 is 0 Å². The van der Waals surface area contributed by atoms with Gasteiger partial charge in [-0.2, -0.15) is 0 Å². The quantitative estimate of drug-likeness (QED) is 0.904. The maximum Gasteiger partial charge on any atom is 0.244 e. The topological polar surface area (TPSA) is 62.6 Å². The van der Waals surface area contributed by atoms with Crippen LogP contribution in [0.3, 0.4) is 0 Å². The van der Waals surface area contributed by atoms with E-state index >= 15 is 0 Å². The van der Waals surface area contributed by atoms with Crippen LogP contribution in [0.1, 0.15) is 12.7 Å². The van der Waals surface area contributed by atoms with Crippen LogP contribution >= 0.6 is 23.2 Å². The molecule has 2 rings (SSSR count). The molecule has 116 valence electrons. The molecule has 0 bridgehead atoms. The number of halogens is 2. The highest BCUT2D eigenvalue weighted by Crippen LogP contribution is 2.29. The van der Waals surface area contributed by atoms with E-state index in [9.17, 15) is 9.59 Å². The molecule has 0 aliphatic carbocycles. The van der Waals surface area contributed by atoms with Crippen LogP contribution in [0.5, 0.6) is 0 Å². The van der Waals surface area contributed by atoms with Crippen molar-refractivity contribution in [1.29, 1.82) is 0 Å². The molecule has 1 aromatic heterocycles. The summed E-state index contributed by atoms with van der Waals surface area (Å²) in [6.07, 6.45) is 1.51. The number of para-hydroxylation sites is 1. The van der Waals surface area contributed by atoms with E-state index in [0.717, 1.165) is 0 Å². The van der Waals surface area contributed by atoms with Gasteiger partial charge in [0, 0.05) is 6.92 Å². The number of hydrogen-bond acceptors (Lipinski definition) is 3. The van der Waals surface area contributed by atoms with E-state index in [2.05, 4.69) is 5.32 Å². The van der Waals surface area contributed by atoms with E-state index in [0.29, 0.717) is 21.5 Å². The molecule has 0 aliphatic rings. The lowest BCUT2D eigenvalue weighted by molar-refractivity contribution is -0.133. The van der Waals surface area contributed by atoms with Crippen molar-refractivity contribution in [1.82, 2.24) is 4.90 Å². The fourth-order valence-corrected chi connectivity index (χ4v) is 2.33. The van der Waals surface area contributed by atoms with Gasteiger partial charge in [0.2, 0.25) is 11.8 Å². The standard InChI is InChI=1S/C15H14Cl2N2O3/c1-10(20)19(8-11-4-3-7-22-11)9-14(21)18-15-12(16)5-2-6-13(15)17/h2-7H,8-9H2,1H3,(H,18,21). The number of furan rings is 1. The van der Waals surface area contributed by atoms with E-state index in [4.69, 9.17) is 27.6 Å². The van der Waals surface area contributed by atoms with E-state index < -0.39 is 5.91 Å². The molecule has 0 saturated carbocycles. The van der Waals surface area contributed by atoms with Gasteiger partial charge in [0.05, 0.1) is 28.5 Å². The lowest BCUT2D eigenvalue weighted by Crippen LogP contribution is -2.36. The Labute approximate surface area is 137 Å². The van der Waals surface area contributed by atoms with Gasteiger partial charge in [-0.3, -0.25) is 9.59 Å². The first-order valence-corrected chi connectivity index (χ1v) is 7.24. The number of benzene rings is 1. The third kappa shape index (κ3) is 4.26. The molecule has 5 nitrogen and oxygen atoms in total. The van der Waals surface area contributed by atoms with E-state index in [1.54, 1.807) is 30.3 Å². The lowest BCUT2D eigenvalue weighted by atomic mass is 10.3. The number of nitrogens with one attached hydrogen (secondary N) is 1. The average molecular weight is 341 g/mol. The Morgan fingerprint density at radius 3 is 2.41 bits per heavy atom. The summed E-state index contributed by atoms with van der Waals surface area (Å²) in [6.45, 7) is 1.47. The summed E-state index contributed by atoms with van der Waals surface area (Å²) < 4.78 is 5.18. The zero-order chi connectivity index (χ0) is 16.1. The van der Waals surface area contributed by atoms with Gasteiger partial charge in [0.15, 0.2) is 0 Å². The summed E-state index contributed by atoms with van der Waals surface area (Å²) in [5, 5.41) is 3.29. The number of rotatable bonds is 5. The molecular weight excluding hydrogens is 327 g/mol. The summed E-state index contributed by atoms with van der Waals surface area (Å²) >= 11 is 12.0. The minimum Gasteiger partial charge on any atom is -0.467 e. The maximum atomic E-state index is 12.1. The molecule has 0 atom stereocenters. The monoisotopic (exact) mass is 340 g/mol. The van der Waals surface area contributed by atoms with Crippen LogP contribution in [0.15, 0.2) is 41.0 Å². The van der Waals surface area contributed by atoms with Crippen molar-refractivity contribution in [2.75, 3.05) is 11.9 Å². The normalized spacial score (nSPS) is 10.3. The fraction of sp³-hybridized carbons (Fsp3) is 0.200. The largest absolute Gasteiger partial charge is 0.467 e. The van der Waals surface area contributed by atoms with Gasteiger partial charge in [0.1, 0.15) is 12.3 Å². The first-order chi connectivity index (χ1) is 10.5. The summed E-state index contributed by atoms with van der Waals surface area (Å²) in [5.74, 6) is -0.0349. The highest BCUT2D eigenvalue weighted by atomic mass is 35.5. The summed E-state index contributed by atoms with van der Waals surface area (Å²) in [6, 6.07) is 8.37. The predicted octanol–water partition coefficient (Wildman–Crippen LogP) is 3.57. The van der Waals surface area contributed by atoms with Crippen LogP contribution in [-0.4, -0.2) is 23.3 Å². The zero-order valence-corrected chi connectivity index (χ0v) is 13.3. The number of anilines is 1. The molecule has 0 radical (unpaired) electrons. The molecule has 0 saturated heterocycles. The van der Waals surface area contributed by atoms with Crippen LogP contribution in [0.25, 0.3) is 0 Å². The Morgan fingerprint density at radius 2 is 1.86 bits per heavy atom. The van der Waals surface area contributed by atoms with Crippen LogP contribution in [0.4, 0.5) is 5.69 Å². The second-order valence-corrected chi connectivity index (χ2v) is 5.41. The Balaban J connectivity index is 2.04. The molecule has 1 aromatic carbocycles. The Kier molecular flexibility index (Phi) is 5.46. The predicted molar refractivity (Wildman–Crippen MR) is 84.9 cm³/mol. The molecule has 0 unspecified atom stereocenters. The first-order valence-electron chi connectivity index (χ1n) is 6.49. The van der Waals surface area contributed by atoms with Gasteiger partial charge in [0.25, 0.3) is 0 Å². The van der Waals surface area contributed by atoms with Crippen molar-refractivity contribution in [3.05, 3.63) is 52.4 Å². The molecule has 1 N–H and O–H groups in total. The average Bonchev–Trinajstić information content (AvgIpc) is 2.95. The van der Waals surface area contributed by atoms with Crippen LogP contribution in [-0.2, 0) is 16.1 Å². The molecule has 1 heterocycles. The van der Waals surface area contributed by atoms with Crippen LogP contribution < -0.4 is 5.32 Å². The Bertz CT molecular complexity index is 651. The van der Waals surface area contributed by atoms with Crippen molar-refractivity contribution in [2.24, 2.45) is 0 Å². The third-order valence-electron chi connectivity index (χ3n) is 2.93. The number of carbonyl (C=O) groups excluding carboxylic acids is 2. The van der Waals surface area contributed by atoms with E-state index in [-0.39, 0.29) is 19.0 Å². The van der Waals surface area contributed by atoms with E-state index in [1.807, 2.05) is 0 Å². The SMILES string of the molecule is CC(=O)N(CC(=O)Nc1c(Cl)cccc1Cl)Cc1ccco1. The first kappa shape index (κ1) is 16.4. The molecule has 7 heteroatoms. The van der Waals surface area contributed by atoms with Gasteiger partial charge in [-0.25, -0.2) is 0 Å². The highest BCUT2D eigenvalue weighted by molar-refractivity contribution is 6.39. The highest BCUT2D eigenvalue weighted by Gasteiger charge is 2.17. The molecule has 2 aromatic rings. The number of carbonyl (C=O) groups is 2. The fourth-order valence-electron chi connectivity index (χ4n) is 1.84. The summed E-state index contributed by atoms with van der Waals surface area (Å²) in [7, 11) is 0. The van der Waals surface area contributed by atoms with Crippen molar-refractivity contribution < 1.29 is 14.0 Å².